The number of rotatable bonds is 8. The Morgan fingerprint density at radius 3 is 2.68 bits per heavy atom. The van der Waals surface area contributed by atoms with Crippen molar-refractivity contribution in [1.82, 2.24) is 20.3 Å². The molecule has 3 aromatic rings. The van der Waals surface area contributed by atoms with Crippen LogP contribution in [0.3, 0.4) is 0 Å². The second-order valence-electron chi connectivity index (χ2n) is 5.46. The molecule has 0 aliphatic rings. The third-order valence-corrected chi connectivity index (χ3v) is 4.29. The first-order chi connectivity index (χ1) is 12.3. The summed E-state index contributed by atoms with van der Waals surface area (Å²) >= 11 is 1.43. The van der Waals surface area contributed by atoms with Gasteiger partial charge in [-0.1, -0.05) is 30.3 Å². The molecule has 2 N–H and O–H groups in total. The van der Waals surface area contributed by atoms with Crippen LogP contribution in [0.4, 0.5) is 11.1 Å². The number of carbonyl (C=O) groups is 1. The smallest absolute Gasteiger partial charge is 0.228 e. The Morgan fingerprint density at radius 2 is 1.88 bits per heavy atom. The van der Waals surface area contributed by atoms with Crippen LogP contribution in [-0.4, -0.2) is 27.4 Å². The molecule has 0 saturated carbocycles. The molecular formula is C18H19N5OS. The van der Waals surface area contributed by atoms with E-state index in [9.17, 15) is 4.79 Å². The van der Waals surface area contributed by atoms with Gasteiger partial charge in [0.05, 0.1) is 12.1 Å². The quantitative estimate of drug-likeness (QED) is 0.609. The SMILES string of the molecule is O=C(Cc1csc(Nc2ncccn2)n1)NCCCc1ccccc1. The van der Waals surface area contributed by atoms with E-state index in [0.717, 1.165) is 18.5 Å². The van der Waals surface area contributed by atoms with Crippen LogP contribution in [-0.2, 0) is 17.6 Å². The van der Waals surface area contributed by atoms with Crippen molar-refractivity contribution in [2.24, 2.45) is 0 Å². The lowest BCUT2D eigenvalue weighted by Gasteiger charge is -2.04. The summed E-state index contributed by atoms with van der Waals surface area (Å²) in [4.78, 5) is 24.6. The molecule has 0 radical (unpaired) electrons. The summed E-state index contributed by atoms with van der Waals surface area (Å²) in [5.41, 5.74) is 2.03. The summed E-state index contributed by atoms with van der Waals surface area (Å²) < 4.78 is 0. The van der Waals surface area contributed by atoms with E-state index in [1.54, 1.807) is 18.5 Å². The standard InChI is InChI=1S/C18H19N5OS/c24-16(19-9-4-8-14-6-2-1-3-7-14)12-15-13-25-18(22-15)23-17-20-10-5-11-21-17/h1-3,5-7,10-11,13H,4,8-9,12H2,(H,19,24)(H,20,21,22,23). The number of aryl methyl sites for hydroxylation is 1. The molecular weight excluding hydrogens is 334 g/mol. The van der Waals surface area contributed by atoms with E-state index in [1.807, 2.05) is 23.6 Å². The fraction of sp³-hybridized carbons (Fsp3) is 0.222. The van der Waals surface area contributed by atoms with Crippen LogP contribution in [0.15, 0.2) is 54.2 Å². The van der Waals surface area contributed by atoms with Gasteiger partial charge >= 0.3 is 0 Å². The minimum Gasteiger partial charge on any atom is -0.356 e. The zero-order valence-electron chi connectivity index (χ0n) is 13.7. The first-order valence-corrected chi connectivity index (χ1v) is 8.96. The number of aromatic nitrogens is 3. The molecule has 2 heterocycles. The summed E-state index contributed by atoms with van der Waals surface area (Å²) in [5.74, 6) is 0.481. The lowest BCUT2D eigenvalue weighted by atomic mass is 10.1. The molecule has 0 aliphatic heterocycles. The Bertz CT molecular complexity index is 791. The molecule has 25 heavy (non-hydrogen) atoms. The third-order valence-electron chi connectivity index (χ3n) is 3.49. The average Bonchev–Trinajstić information content (AvgIpc) is 3.07. The molecule has 0 unspecified atom stereocenters. The second kappa shape index (κ2) is 8.89. The van der Waals surface area contributed by atoms with Gasteiger partial charge in [0.1, 0.15) is 0 Å². The van der Waals surface area contributed by atoms with Crippen molar-refractivity contribution in [3.8, 4) is 0 Å². The van der Waals surface area contributed by atoms with Gasteiger partial charge in [0, 0.05) is 24.3 Å². The van der Waals surface area contributed by atoms with Crippen LogP contribution in [0, 0.1) is 0 Å². The normalized spacial score (nSPS) is 10.4. The van der Waals surface area contributed by atoms with E-state index in [1.165, 1.54) is 16.9 Å². The van der Waals surface area contributed by atoms with Gasteiger partial charge in [-0.3, -0.25) is 4.79 Å². The summed E-state index contributed by atoms with van der Waals surface area (Å²) in [6, 6.07) is 12.0. The lowest BCUT2D eigenvalue weighted by molar-refractivity contribution is -0.120. The van der Waals surface area contributed by atoms with Crippen molar-refractivity contribution < 1.29 is 4.79 Å². The highest BCUT2D eigenvalue weighted by molar-refractivity contribution is 7.13. The molecule has 0 spiro atoms. The number of hydrogen-bond donors (Lipinski definition) is 2. The number of nitrogens with one attached hydrogen (secondary N) is 2. The van der Waals surface area contributed by atoms with Crippen LogP contribution < -0.4 is 10.6 Å². The average molecular weight is 353 g/mol. The Hall–Kier alpha value is -2.80. The summed E-state index contributed by atoms with van der Waals surface area (Å²) in [6.45, 7) is 0.667. The number of carbonyl (C=O) groups excluding carboxylic acids is 1. The molecule has 0 aliphatic carbocycles. The van der Waals surface area contributed by atoms with Crippen molar-refractivity contribution in [3.05, 3.63) is 65.4 Å². The van der Waals surface area contributed by atoms with Gasteiger partial charge in [-0.05, 0) is 24.5 Å². The maximum Gasteiger partial charge on any atom is 0.228 e. The van der Waals surface area contributed by atoms with Crippen molar-refractivity contribution in [1.29, 1.82) is 0 Å². The predicted molar refractivity (Wildman–Crippen MR) is 98.9 cm³/mol. The minimum atomic E-state index is -0.0131. The highest BCUT2D eigenvalue weighted by Gasteiger charge is 2.08. The predicted octanol–water partition coefficient (Wildman–Crippen LogP) is 2.97. The van der Waals surface area contributed by atoms with E-state index >= 15 is 0 Å². The Morgan fingerprint density at radius 1 is 1.08 bits per heavy atom. The number of amides is 1. The highest BCUT2D eigenvalue weighted by Crippen LogP contribution is 2.18. The molecule has 7 heteroatoms. The monoisotopic (exact) mass is 353 g/mol. The van der Waals surface area contributed by atoms with Crippen molar-refractivity contribution in [2.75, 3.05) is 11.9 Å². The number of thiazole rings is 1. The van der Waals surface area contributed by atoms with E-state index in [-0.39, 0.29) is 12.3 Å². The topological polar surface area (TPSA) is 79.8 Å². The molecule has 3 rings (SSSR count). The molecule has 6 nitrogen and oxygen atoms in total. The maximum absolute atomic E-state index is 12.0. The van der Waals surface area contributed by atoms with Gasteiger partial charge in [-0.2, -0.15) is 0 Å². The van der Waals surface area contributed by atoms with Crippen LogP contribution in [0.25, 0.3) is 0 Å². The van der Waals surface area contributed by atoms with Crippen molar-refractivity contribution in [2.45, 2.75) is 19.3 Å². The molecule has 128 valence electrons. The molecule has 0 atom stereocenters. The maximum atomic E-state index is 12.0. The van der Waals surface area contributed by atoms with Gasteiger partial charge in [-0.25, -0.2) is 15.0 Å². The summed E-state index contributed by atoms with van der Waals surface area (Å²) in [7, 11) is 0. The Balaban J connectivity index is 1.39. The Kier molecular flexibility index (Phi) is 6.06. The van der Waals surface area contributed by atoms with Crippen LogP contribution >= 0.6 is 11.3 Å². The lowest BCUT2D eigenvalue weighted by Crippen LogP contribution is -2.26. The van der Waals surface area contributed by atoms with Gasteiger partial charge < -0.3 is 10.6 Å². The molecule has 0 bridgehead atoms. The third kappa shape index (κ3) is 5.65. The summed E-state index contributed by atoms with van der Waals surface area (Å²) in [5, 5.41) is 8.51. The van der Waals surface area contributed by atoms with E-state index in [4.69, 9.17) is 0 Å². The van der Waals surface area contributed by atoms with Gasteiger partial charge in [0.25, 0.3) is 0 Å². The number of anilines is 2. The number of benzene rings is 1. The number of nitrogens with zero attached hydrogens (tertiary/aromatic N) is 3. The molecule has 0 fully saturated rings. The first kappa shape index (κ1) is 17.0. The van der Waals surface area contributed by atoms with Gasteiger partial charge in [0.2, 0.25) is 11.9 Å². The molecule has 2 aromatic heterocycles. The van der Waals surface area contributed by atoms with E-state index in [0.29, 0.717) is 17.6 Å². The van der Waals surface area contributed by atoms with Crippen LogP contribution in [0.5, 0.6) is 0 Å². The van der Waals surface area contributed by atoms with E-state index in [2.05, 4.69) is 37.7 Å². The molecule has 1 aromatic carbocycles. The van der Waals surface area contributed by atoms with Crippen molar-refractivity contribution >= 4 is 28.3 Å². The van der Waals surface area contributed by atoms with Crippen LogP contribution in [0.2, 0.25) is 0 Å². The minimum absolute atomic E-state index is 0.0131. The largest absolute Gasteiger partial charge is 0.356 e. The second-order valence-corrected chi connectivity index (χ2v) is 6.32. The van der Waals surface area contributed by atoms with Crippen molar-refractivity contribution in [3.63, 3.8) is 0 Å². The van der Waals surface area contributed by atoms with Gasteiger partial charge in [-0.15, -0.1) is 11.3 Å². The zero-order valence-corrected chi connectivity index (χ0v) is 14.5. The Labute approximate surface area is 150 Å². The van der Waals surface area contributed by atoms with Gasteiger partial charge in [0.15, 0.2) is 5.13 Å². The van der Waals surface area contributed by atoms with E-state index < -0.39 is 0 Å². The molecule has 1 amide bonds. The number of hydrogen-bond acceptors (Lipinski definition) is 6. The fourth-order valence-electron chi connectivity index (χ4n) is 2.30. The fourth-order valence-corrected chi connectivity index (χ4v) is 3.00. The molecule has 0 saturated heterocycles. The first-order valence-electron chi connectivity index (χ1n) is 8.09. The summed E-state index contributed by atoms with van der Waals surface area (Å²) in [6.07, 6.45) is 5.48. The zero-order chi connectivity index (χ0) is 17.3. The highest BCUT2D eigenvalue weighted by atomic mass is 32.1. The van der Waals surface area contributed by atoms with Crippen LogP contribution in [0.1, 0.15) is 17.7 Å².